The van der Waals surface area contributed by atoms with Gasteiger partial charge in [0.05, 0.1) is 0 Å². The Kier molecular flexibility index (Phi) is 5.78. The number of nitrogens with zero attached hydrogens (tertiary/aromatic N) is 3. The summed E-state index contributed by atoms with van der Waals surface area (Å²) in [6.45, 7) is 13.1. The van der Waals surface area contributed by atoms with E-state index < -0.39 is 0 Å². The quantitative estimate of drug-likeness (QED) is 0.548. The topological polar surface area (TPSA) is 50.9 Å². The lowest BCUT2D eigenvalue weighted by Crippen LogP contribution is -2.14. The molecule has 3 rings (SSSR count). The van der Waals surface area contributed by atoms with Crippen LogP contribution < -0.4 is 0 Å². The lowest BCUT2D eigenvalue weighted by Gasteiger charge is -2.23. The third-order valence-corrected chi connectivity index (χ3v) is 5.61. The first kappa shape index (κ1) is 20.4. The minimum atomic E-state index is -0.0233. The van der Waals surface area contributed by atoms with Crippen LogP contribution in [0, 0.1) is 0 Å². The fraction of sp³-hybridized carbons (Fsp3) is 0.500. The highest BCUT2D eigenvalue weighted by Gasteiger charge is 2.22. The summed E-state index contributed by atoms with van der Waals surface area (Å²) in [5.74, 6) is 0.556. The van der Waals surface area contributed by atoms with Gasteiger partial charge in [-0.05, 0) is 65.5 Å². The van der Waals surface area contributed by atoms with E-state index in [1.54, 1.807) is 4.80 Å². The molecule has 1 atom stereocenters. The number of aromatic hydroxyl groups is 1. The van der Waals surface area contributed by atoms with Crippen LogP contribution in [0.25, 0.3) is 16.7 Å². The Morgan fingerprint density at radius 1 is 1.04 bits per heavy atom. The summed E-state index contributed by atoms with van der Waals surface area (Å²) in [5, 5.41) is 20.4. The molecule has 0 bridgehead atoms. The van der Waals surface area contributed by atoms with E-state index in [1.807, 2.05) is 12.1 Å². The number of phenolic OH excluding ortho intramolecular Hbond substituents is 1. The van der Waals surface area contributed by atoms with E-state index in [4.69, 9.17) is 5.10 Å². The van der Waals surface area contributed by atoms with Crippen molar-refractivity contribution in [2.24, 2.45) is 0 Å². The van der Waals surface area contributed by atoms with E-state index in [1.165, 1.54) is 24.0 Å². The molecular weight excluding hydrogens is 346 g/mol. The van der Waals surface area contributed by atoms with Crippen LogP contribution in [0.2, 0.25) is 0 Å². The molecule has 1 N–H and O–H groups in total. The highest BCUT2D eigenvalue weighted by molar-refractivity contribution is 5.75. The third kappa shape index (κ3) is 4.06. The van der Waals surface area contributed by atoms with Crippen molar-refractivity contribution in [3.8, 4) is 11.4 Å². The monoisotopic (exact) mass is 379 g/mol. The van der Waals surface area contributed by atoms with Crippen molar-refractivity contribution in [2.75, 3.05) is 0 Å². The summed E-state index contributed by atoms with van der Waals surface area (Å²) in [6.07, 6.45) is 4.38. The molecule has 1 aromatic heterocycles. The molecule has 150 valence electrons. The maximum atomic E-state index is 11.0. The number of fused-ring (bicyclic) bond motifs is 1. The van der Waals surface area contributed by atoms with Gasteiger partial charge in [-0.15, -0.1) is 15.0 Å². The van der Waals surface area contributed by atoms with Gasteiger partial charge in [0.25, 0.3) is 0 Å². The normalized spacial score (nSPS) is 13.2. The van der Waals surface area contributed by atoms with Gasteiger partial charge < -0.3 is 5.11 Å². The van der Waals surface area contributed by atoms with Crippen LogP contribution in [0.1, 0.15) is 83.4 Å². The van der Waals surface area contributed by atoms with Crippen molar-refractivity contribution >= 4 is 11.0 Å². The summed E-state index contributed by atoms with van der Waals surface area (Å²) in [5.41, 5.74) is 5.80. The van der Waals surface area contributed by atoms with E-state index in [-0.39, 0.29) is 17.1 Å². The summed E-state index contributed by atoms with van der Waals surface area (Å²) < 4.78 is 0. The molecule has 0 aliphatic heterocycles. The molecule has 1 heterocycles. The number of benzene rings is 2. The Hall–Kier alpha value is -2.36. The molecule has 0 amide bonds. The molecule has 3 aromatic rings. The Morgan fingerprint density at radius 3 is 2.39 bits per heavy atom. The molecule has 0 saturated heterocycles. The fourth-order valence-corrected chi connectivity index (χ4v) is 3.43. The molecule has 0 aliphatic carbocycles. The predicted octanol–water partition coefficient (Wildman–Crippen LogP) is 6.28. The van der Waals surface area contributed by atoms with Crippen LogP contribution in [0.4, 0.5) is 0 Å². The molecule has 2 aromatic carbocycles. The zero-order valence-electron chi connectivity index (χ0n) is 18.1. The van der Waals surface area contributed by atoms with Crippen LogP contribution in [-0.2, 0) is 11.8 Å². The van der Waals surface area contributed by atoms with Crippen molar-refractivity contribution in [1.82, 2.24) is 15.0 Å². The largest absolute Gasteiger partial charge is 0.505 e. The SMILES string of the molecule is CCCCc1ccc2nn(-c3cc(C(C)(C)C)cc(C(C)CC)c3O)nc2c1. The second-order valence-corrected chi connectivity index (χ2v) is 8.91. The number of aromatic nitrogens is 3. The zero-order valence-corrected chi connectivity index (χ0v) is 18.1. The molecule has 4 heteroatoms. The van der Waals surface area contributed by atoms with Crippen LogP contribution in [0.5, 0.6) is 5.75 Å². The number of phenols is 1. The van der Waals surface area contributed by atoms with Gasteiger partial charge in [-0.3, -0.25) is 0 Å². The molecule has 28 heavy (non-hydrogen) atoms. The maximum absolute atomic E-state index is 11.0. The molecule has 1 unspecified atom stereocenters. The predicted molar refractivity (Wildman–Crippen MR) is 117 cm³/mol. The summed E-state index contributed by atoms with van der Waals surface area (Å²) >= 11 is 0. The van der Waals surface area contributed by atoms with Crippen LogP contribution in [-0.4, -0.2) is 20.1 Å². The molecule has 4 nitrogen and oxygen atoms in total. The Bertz CT molecular complexity index is 966. The molecule has 0 aliphatic rings. The van der Waals surface area contributed by atoms with Gasteiger partial charge in [-0.1, -0.05) is 60.1 Å². The minimum absolute atomic E-state index is 0.0233. The molecule has 0 saturated carbocycles. The van der Waals surface area contributed by atoms with Gasteiger partial charge in [0.1, 0.15) is 22.5 Å². The first-order valence-corrected chi connectivity index (χ1v) is 10.5. The Labute approximate surface area is 168 Å². The van der Waals surface area contributed by atoms with E-state index in [0.717, 1.165) is 29.4 Å². The molecule has 0 spiro atoms. The fourth-order valence-electron chi connectivity index (χ4n) is 3.43. The van der Waals surface area contributed by atoms with Crippen molar-refractivity contribution in [3.05, 3.63) is 47.0 Å². The average Bonchev–Trinajstić information content (AvgIpc) is 3.08. The van der Waals surface area contributed by atoms with Gasteiger partial charge in [-0.2, -0.15) is 0 Å². The van der Waals surface area contributed by atoms with E-state index in [2.05, 4.69) is 64.8 Å². The lowest BCUT2D eigenvalue weighted by atomic mass is 9.83. The Morgan fingerprint density at radius 2 is 1.75 bits per heavy atom. The van der Waals surface area contributed by atoms with Gasteiger partial charge in [-0.25, -0.2) is 0 Å². The maximum Gasteiger partial charge on any atom is 0.146 e. The minimum Gasteiger partial charge on any atom is -0.505 e. The molecule has 0 fully saturated rings. The van der Waals surface area contributed by atoms with Gasteiger partial charge in [0.15, 0.2) is 0 Å². The second-order valence-electron chi connectivity index (χ2n) is 8.91. The number of aryl methyl sites for hydroxylation is 1. The Balaban J connectivity index is 2.13. The van der Waals surface area contributed by atoms with Crippen LogP contribution >= 0.6 is 0 Å². The zero-order chi connectivity index (χ0) is 20.5. The smallest absolute Gasteiger partial charge is 0.146 e. The summed E-state index contributed by atoms with van der Waals surface area (Å²) in [4.78, 5) is 1.60. The van der Waals surface area contributed by atoms with Gasteiger partial charge in [0, 0.05) is 0 Å². The van der Waals surface area contributed by atoms with Crippen molar-refractivity contribution in [2.45, 2.75) is 78.6 Å². The summed E-state index contributed by atoms with van der Waals surface area (Å²) in [7, 11) is 0. The number of hydrogen-bond donors (Lipinski definition) is 1. The number of unbranched alkanes of at least 4 members (excludes halogenated alkanes) is 1. The highest BCUT2D eigenvalue weighted by Crippen LogP contribution is 2.37. The van der Waals surface area contributed by atoms with Gasteiger partial charge in [0.2, 0.25) is 0 Å². The van der Waals surface area contributed by atoms with E-state index in [9.17, 15) is 5.11 Å². The summed E-state index contributed by atoms with van der Waals surface area (Å²) in [6, 6.07) is 10.4. The second kappa shape index (κ2) is 7.94. The van der Waals surface area contributed by atoms with E-state index in [0.29, 0.717) is 5.69 Å². The van der Waals surface area contributed by atoms with Crippen molar-refractivity contribution < 1.29 is 5.11 Å². The van der Waals surface area contributed by atoms with Crippen molar-refractivity contribution in [1.29, 1.82) is 0 Å². The standard InChI is InChI=1S/C24H33N3O/c1-7-9-10-17-11-12-20-21(13-17)26-27(25-20)22-15-18(24(4,5)6)14-19(23(22)28)16(3)8-2/h11-16,28H,7-10H2,1-6H3. The first-order valence-electron chi connectivity index (χ1n) is 10.5. The highest BCUT2D eigenvalue weighted by atomic mass is 16.3. The third-order valence-electron chi connectivity index (χ3n) is 5.61. The van der Waals surface area contributed by atoms with Gasteiger partial charge >= 0.3 is 0 Å². The first-order chi connectivity index (χ1) is 13.2. The van der Waals surface area contributed by atoms with Crippen LogP contribution in [0.3, 0.4) is 0 Å². The molecular formula is C24H33N3O. The van der Waals surface area contributed by atoms with E-state index >= 15 is 0 Å². The lowest BCUT2D eigenvalue weighted by molar-refractivity contribution is 0.452. The van der Waals surface area contributed by atoms with Crippen LogP contribution in [0.15, 0.2) is 30.3 Å². The van der Waals surface area contributed by atoms with Crippen molar-refractivity contribution in [3.63, 3.8) is 0 Å². The number of rotatable bonds is 6. The molecule has 0 radical (unpaired) electrons. The number of hydrogen-bond acceptors (Lipinski definition) is 3. The average molecular weight is 380 g/mol.